The van der Waals surface area contributed by atoms with Crippen LogP contribution in [-0.4, -0.2) is 31.1 Å². The van der Waals surface area contributed by atoms with Gasteiger partial charge in [0, 0.05) is 19.1 Å². The third kappa shape index (κ3) is 5.19. The normalized spacial score (nSPS) is 20.1. The molecule has 1 aromatic rings. The Kier molecular flexibility index (Phi) is 7.70. The summed E-state index contributed by atoms with van der Waals surface area (Å²) in [4.78, 5) is 2.49. The van der Waals surface area contributed by atoms with Gasteiger partial charge in [0.2, 0.25) is 0 Å². The molecule has 0 amide bonds. The van der Waals surface area contributed by atoms with Crippen LogP contribution in [0.4, 0.5) is 0 Å². The zero-order chi connectivity index (χ0) is 13.2. The van der Waals surface area contributed by atoms with Crippen molar-refractivity contribution in [1.29, 1.82) is 0 Å². The van der Waals surface area contributed by atoms with Crippen LogP contribution in [-0.2, 0) is 6.54 Å². The van der Waals surface area contributed by atoms with Crippen LogP contribution in [0.2, 0.25) is 0 Å². The zero-order valence-electron chi connectivity index (χ0n) is 12.2. The molecule has 0 spiro atoms. The number of benzene rings is 1. The van der Waals surface area contributed by atoms with Crippen LogP contribution in [0, 0.1) is 0 Å². The number of piperidine rings is 1. The van der Waals surface area contributed by atoms with Gasteiger partial charge in [0.15, 0.2) is 0 Å². The van der Waals surface area contributed by atoms with E-state index in [1.807, 2.05) is 13.8 Å². The fraction of sp³-hybridized carbons (Fsp3) is 0.625. The molecule has 1 heterocycles. The summed E-state index contributed by atoms with van der Waals surface area (Å²) in [5.41, 5.74) is 1.38. The van der Waals surface area contributed by atoms with Crippen molar-refractivity contribution in [2.75, 3.05) is 20.1 Å². The highest BCUT2D eigenvalue weighted by atomic mass is 15.2. The Hall–Kier alpha value is -0.860. The maximum Gasteiger partial charge on any atom is 0.0217 e. The highest BCUT2D eigenvalue weighted by Crippen LogP contribution is 2.14. The van der Waals surface area contributed by atoms with Crippen LogP contribution >= 0.6 is 0 Å². The Balaban J connectivity index is 0.000000771. The van der Waals surface area contributed by atoms with Crippen LogP contribution in [0.25, 0.3) is 0 Å². The largest absolute Gasteiger partial charge is 0.311 e. The lowest BCUT2D eigenvalue weighted by atomic mass is 10.0. The van der Waals surface area contributed by atoms with E-state index in [4.69, 9.17) is 0 Å². The van der Waals surface area contributed by atoms with E-state index in [1.165, 1.54) is 31.4 Å². The Morgan fingerprint density at radius 3 is 2.56 bits per heavy atom. The Morgan fingerprint density at radius 2 is 1.89 bits per heavy atom. The van der Waals surface area contributed by atoms with Gasteiger partial charge < -0.3 is 10.2 Å². The second-order valence-electron chi connectivity index (χ2n) is 4.75. The highest BCUT2D eigenvalue weighted by Gasteiger charge is 2.17. The predicted octanol–water partition coefficient (Wildman–Crippen LogP) is 3.29. The molecule has 1 N–H and O–H groups in total. The van der Waals surface area contributed by atoms with Gasteiger partial charge in [-0.05, 0) is 32.0 Å². The standard InChI is InChI=1S/C14H22N2.C2H6/c1-16-10-6-5-9-14(16)12-15-11-13-7-3-2-4-8-13;1-2/h2-4,7-8,14-15H,5-6,9-12H2,1H3;1-2H3. The summed E-state index contributed by atoms with van der Waals surface area (Å²) in [6.07, 6.45) is 4.10. The van der Waals surface area contributed by atoms with Gasteiger partial charge in [0.25, 0.3) is 0 Å². The quantitative estimate of drug-likeness (QED) is 0.879. The lowest BCUT2D eigenvalue weighted by Gasteiger charge is -2.32. The monoisotopic (exact) mass is 248 g/mol. The molecule has 0 saturated carbocycles. The van der Waals surface area contributed by atoms with Gasteiger partial charge in [-0.15, -0.1) is 0 Å². The third-order valence-electron chi connectivity index (χ3n) is 3.47. The number of likely N-dealkylation sites (N-methyl/N-ethyl adjacent to an activating group) is 1. The minimum atomic E-state index is 0.734. The van der Waals surface area contributed by atoms with Crippen LogP contribution in [0.3, 0.4) is 0 Å². The van der Waals surface area contributed by atoms with E-state index < -0.39 is 0 Å². The average molecular weight is 248 g/mol. The van der Waals surface area contributed by atoms with Gasteiger partial charge in [-0.25, -0.2) is 0 Å². The van der Waals surface area contributed by atoms with Gasteiger partial charge in [0.1, 0.15) is 0 Å². The fourth-order valence-corrected chi connectivity index (χ4v) is 2.38. The SMILES string of the molecule is CC.CN1CCCCC1CNCc1ccccc1. The lowest BCUT2D eigenvalue weighted by molar-refractivity contribution is 0.181. The van der Waals surface area contributed by atoms with E-state index in [0.29, 0.717) is 0 Å². The molecule has 0 bridgehead atoms. The molecule has 0 aromatic heterocycles. The minimum Gasteiger partial charge on any atom is -0.311 e. The van der Waals surface area contributed by atoms with Gasteiger partial charge >= 0.3 is 0 Å². The Morgan fingerprint density at radius 1 is 1.17 bits per heavy atom. The third-order valence-corrected chi connectivity index (χ3v) is 3.47. The molecule has 2 nitrogen and oxygen atoms in total. The number of nitrogens with zero attached hydrogens (tertiary/aromatic N) is 1. The Labute approximate surface area is 112 Å². The summed E-state index contributed by atoms with van der Waals surface area (Å²) in [6, 6.07) is 11.4. The molecule has 102 valence electrons. The molecule has 0 radical (unpaired) electrons. The molecule has 2 rings (SSSR count). The summed E-state index contributed by atoms with van der Waals surface area (Å²) < 4.78 is 0. The van der Waals surface area contributed by atoms with Crippen molar-refractivity contribution in [3.05, 3.63) is 35.9 Å². The first kappa shape index (κ1) is 15.2. The van der Waals surface area contributed by atoms with Crippen molar-refractivity contribution in [1.82, 2.24) is 10.2 Å². The number of likely N-dealkylation sites (tertiary alicyclic amines) is 1. The first-order valence-corrected chi connectivity index (χ1v) is 7.31. The molecule has 1 aliphatic rings. The maximum absolute atomic E-state index is 3.56. The van der Waals surface area contributed by atoms with Crippen LogP contribution in [0.5, 0.6) is 0 Å². The molecule has 18 heavy (non-hydrogen) atoms. The number of rotatable bonds is 4. The van der Waals surface area contributed by atoms with E-state index in [9.17, 15) is 0 Å². The smallest absolute Gasteiger partial charge is 0.0217 e. The second-order valence-corrected chi connectivity index (χ2v) is 4.75. The minimum absolute atomic E-state index is 0.734. The topological polar surface area (TPSA) is 15.3 Å². The summed E-state index contributed by atoms with van der Waals surface area (Å²) in [6.45, 7) is 7.37. The summed E-state index contributed by atoms with van der Waals surface area (Å²) >= 11 is 0. The molecule has 1 aromatic carbocycles. The van der Waals surface area contributed by atoms with Crippen molar-refractivity contribution in [3.63, 3.8) is 0 Å². The van der Waals surface area contributed by atoms with E-state index >= 15 is 0 Å². The fourth-order valence-electron chi connectivity index (χ4n) is 2.38. The number of hydrogen-bond donors (Lipinski definition) is 1. The summed E-state index contributed by atoms with van der Waals surface area (Å²) in [5.74, 6) is 0. The highest BCUT2D eigenvalue weighted by molar-refractivity contribution is 5.14. The molecule has 2 heteroatoms. The zero-order valence-corrected chi connectivity index (χ0v) is 12.2. The number of nitrogens with one attached hydrogen (secondary N) is 1. The van der Waals surface area contributed by atoms with Crippen molar-refractivity contribution in [3.8, 4) is 0 Å². The second kappa shape index (κ2) is 9.12. The van der Waals surface area contributed by atoms with Gasteiger partial charge in [-0.3, -0.25) is 0 Å². The van der Waals surface area contributed by atoms with Crippen molar-refractivity contribution in [2.45, 2.75) is 45.7 Å². The average Bonchev–Trinajstić information content (AvgIpc) is 2.44. The molecule has 1 aliphatic heterocycles. The molecule has 0 aliphatic carbocycles. The maximum atomic E-state index is 3.56. The summed E-state index contributed by atoms with van der Waals surface area (Å²) in [7, 11) is 2.24. The number of hydrogen-bond acceptors (Lipinski definition) is 2. The molecule has 1 fully saturated rings. The van der Waals surface area contributed by atoms with Crippen LogP contribution in [0.1, 0.15) is 38.7 Å². The first-order valence-electron chi connectivity index (χ1n) is 7.31. The molecule has 1 unspecified atom stereocenters. The van der Waals surface area contributed by atoms with Gasteiger partial charge in [-0.2, -0.15) is 0 Å². The molecular weight excluding hydrogens is 220 g/mol. The Bertz CT molecular complexity index is 297. The molecular formula is C16H28N2. The van der Waals surface area contributed by atoms with Gasteiger partial charge in [0.05, 0.1) is 0 Å². The predicted molar refractivity (Wildman–Crippen MR) is 79.8 cm³/mol. The van der Waals surface area contributed by atoms with E-state index in [1.54, 1.807) is 0 Å². The summed E-state index contributed by atoms with van der Waals surface area (Å²) in [5, 5.41) is 3.56. The lowest BCUT2D eigenvalue weighted by Crippen LogP contribution is -2.42. The van der Waals surface area contributed by atoms with Crippen molar-refractivity contribution >= 4 is 0 Å². The first-order chi connectivity index (χ1) is 8.86. The van der Waals surface area contributed by atoms with Gasteiger partial charge in [-0.1, -0.05) is 50.6 Å². The van der Waals surface area contributed by atoms with Crippen LogP contribution < -0.4 is 5.32 Å². The molecule has 1 atom stereocenters. The van der Waals surface area contributed by atoms with Crippen LogP contribution in [0.15, 0.2) is 30.3 Å². The van der Waals surface area contributed by atoms with Crippen molar-refractivity contribution in [2.24, 2.45) is 0 Å². The van der Waals surface area contributed by atoms with E-state index in [0.717, 1.165) is 19.1 Å². The van der Waals surface area contributed by atoms with E-state index in [2.05, 4.69) is 47.6 Å². The molecule has 1 saturated heterocycles. The van der Waals surface area contributed by atoms with E-state index in [-0.39, 0.29) is 0 Å². The van der Waals surface area contributed by atoms with Crippen molar-refractivity contribution < 1.29 is 0 Å².